The smallest absolute Gasteiger partial charge is 0.0467 e. The number of anilines is 1. The number of benzene rings is 2. The topological polar surface area (TPSA) is 41.8 Å². The normalized spacial score (nSPS) is 11.3. The zero-order chi connectivity index (χ0) is 11.1. The zero-order valence-electron chi connectivity index (χ0n) is 9.25. The highest BCUT2D eigenvalue weighted by Gasteiger charge is 2.04. The van der Waals surface area contributed by atoms with Gasteiger partial charge >= 0.3 is 0 Å². The molecule has 2 nitrogen and oxygen atoms in total. The van der Waals surface area contributed by atoms with Crippen molar-refractivity contribution in [2.45, 2.75) is 13.3 Å². The number of nitrogens with one attached hydrogen (secondary N) is 1. The van der Waals surface area contributed by atoms with E-state index in [0.29, 0.717) is 0 Å². The van der Waals surface area contributed by atoms with E-state index in [4.69, 9.17) is 5.73 Å². The van der Waals surface area contributed by atoms with Gasteiger partial charge in [0.2, 0.25) is 0 Å². The molecule has 1 aromatic heterocycles. The third-order valence-corrected chi connectivity index (χ3v) is 3.10. The second kappa shape index (κ2) is 3.27. The Morgan fingerprint density at radius 2 is 1.88 bits per heavy atom. The lowest BCUT2D eigenvalue weighted by Crippen LogP contribution is -1.82. The van der Waals surface area contributed by atoms with Gasteiger partial charge in [-0.2, -0.15) is 0 Å². The molecular formula is C14H14N2. The van der Waals surface area contributed by atoms with Crippen LogP contribution in [0.4, 0.5) is 5.69 Å². The monoisotopic (exact) mass is 210 g/mol. The summed E-state index contributed by atoms with van der Waals surface area (Å²) in [5, 5.41) is 2.46. The first-order chi connectivity index (χ1) is 7.78. The standard InChI is InChI=1S/C14H14N2/c1-2-9-3-5-11-12-8-10(15)4-6-13(12)16-14(11)7-9/h3-8,16H,2,15H2,1H3. The Morgan fingerprint density at radius 1 is 1.00 bits per heavy atom. The number of hydrogen-bond donors (Lipinski definition) is 2. The Bertz CT molecular complexity index is 665. The van der Waals surface area contributed by atoms with Gasteiger partial charge in [0.05, 0.1) is 0 Å². The van der Waals surface area contributed by atoms with Crippen LogP contribution >= 0.6 is 0 Å². The lowest BCUT2D eigenvalue weighted by atomic mass is 10.1. The number of aryl methyl sites for hydroxylation is 1. The zero-order valence-corrected chi connectivity index (χ0v) is 9.25. The minimum Gasteiger partial charge on any atom is -0.399 e. The van der Waals surface area contributed by atoms with E-state index in [2.05, 4.69) is 30.1 Å². The maximum absolute atomic E-state index is 5.82. The Hall–Kier alpha value is -1.96. The first-order valence-electron chi connectivity index (χ1n) is 5.58. The van der Waals surface area contributed by atoms with Crippen LogP contribution in [0.2, 0.25) is 0 Å². The highest BCUT2D eigenvalue weighted by molar-refractivity contribution is 6.08. The molecule has 2 aromatic carbocycles. The third-order valence-electron chi connectivity index (χ3n) is 3.10. The van der Waals surface area contributed by atoms with Gasteiger partial charge in [-0.3, -0.25) is 0 Å². The second-order valence-electron chi connectivity index (χ2n) is 4.16. The molecule has 0 radical (unpaired) electrons. The largest absolute Gasteiger partial charge is 0.399 e. The van der Waals surface area contributed by atoms with E-state index in [0.717, 1.165) is 17.6 Å². The van der Waals surface area contributed by atoms with Crippen LogP contribution in [-0.2, 0) is 6.42 Å². The average Bonchev–Trinajstić information content (AvgIpc) is 2.66. The lowest BCUT2D eigenvalue weighted by molar-refractivity contribution is 1.14. The lowest BCUT2D eigenvalue weighted by Gasteiger charge is -1.96. The molecular weight excluding hydrogens is 196 g/mol. The van der Waals surface area contributed by atoms with E-state index in [1.54, 1.807) is 0 Å². The number of hydrogen-bond acceptors (Lipinski definition) is 1. The van der Waals surface area contributed by atoms with Crippen molar-refractivity contribution in [3.05, 3.63) is 42.0 Å². The van der Waals surface area contributed by atoms with Crippen molar-refractivity contribution in [2.75, 3.05) is 5.73 Å². The Morgan fingerprint density at radius 3 is 2.69 bits per heavy atom. The number of aromatic nitrogens is 1. The van der Waals surface area contributed by atoms with Crippen LogP contribution in [0.3, 0.4) is 0 Å². The average molecular weight is 210 g/mol. The van der Waals surface area contributed by atoms with Crippen LogP contribution in [0.15, 0.2) is 36.4 Å². The van der Waals surface area contributed by atoms with Crippen molar-refractivity contribution in [3.8, 4) is 0 Å². The highest BCUT2D eigenvalue weighted by Crippen LogP contribution is 2.27. The van der Waals surface area contributed by atoms with E-state index in [1.807, 2.05) is 18.2 Å². The minimum absolute atomic E-state index is 0.813. The predicted molar refractivity (Wildman–Crippen MR) is 69.6 cm³/mol. The van der Waals surface area contributed by atoms with E-state index in [-0.39, 0.29) is 0 Å². The van der Waals surface area contributed by atoms with Gasteiger partial charge in [-0.05, 0) is 36.2 Å². The number of nitrogen functional groups attached to an aromatic ring is 1. The van der Waals surface area contributed by atoms with Gasteiger partial charge in [-0.1, -0.05) is 19.1 Å². The van der Waals surface area contributed by atoms with Crippen LogP contribution < -0.4 is 5.73 Å². The first kappa shape index (κ1) is 9.28. The molecule has 16 heavy (non-hydrogen) atoms. The molecule has 3 rings (SSSR count). The van der Waals surface area contributed by atoms with Crippen molar-refractivity contribution in [1.29, 1.82) is 0 Å². The fourth-order valence-electron chi connectivity index (χ4n) is 2.19. The Labute approximate surface area is 94.1 Å². The fraction of sp³-hybridized carbons (Fsp3) is 0.143. The van der Waals surface area contributed by atoms with Gasteiger partial charge in [0.15, 0.2) is 0 Å². The maximum Gasteiger partial charge on any atom is 0.0467 e. The molecule has 3 N–H and O–H groups in total. The van der Waals surface area contributed by atoms with E-state index >= 15 is 0 Å². The SMILES string of the molecule is CCc1ccc2c(c1)[nH]c1ccc(N)cc12. The number of rotatable bonds is 1. The van der Waals surface area contributed by atoms with Gasteiger partial charge in [0.25, 0.3) is 0 Å². The summed E-state index contributed by atoms with van der Waals surface area (Å²) >= 11 is 0. The van der Waals surface area contributed by atoms with E-state index in [1.165, 1.54) is 21.9 Å². The molecule has 1 heterocycles. The molecule has 0 saturated heterocycles. The molecule has 0 spiro atoms. The molecule has 0 aliphatic carbocycles. The van der Waals surface area contributed by atoms with Crippen LogP contribution in [0.5, 0.6) is 0 Å². The number of nitrogens with two attached hydrogens (primary N) is 1. The summed E-state index contributed by atoms with van der Waals surface area (Å²) in [7, 11) is 0. The molecule has 80 valence electrons. The van der Waals surface area contributed by atoms with Gasteiger partial charge in [-0.15, -0.1) is 0 Å². The first-order valence-corrected chi connectivity index (χ1v) is 5.58. The summed E-state index contributed by atoms with van der Waals surface area (Å²) in [6.07, 6.45) is 1.06. The summed E-state index contributed by atoms with van der Waals surface area (Å²) < 4.78 is 0. The molecule has 0 atom stereocenters. The van der Waals surface area contributed by atoms with Gasteiger partial charge < -0.3 is 10.7 Å². The molecule has 0 fully saturated rings. The molecule has 0 aliphatic rings. The van der Waals surface area contributed by atoms with Crippen LogP contribution in [-0.4, -0.2) is 4.98 Å². The third kappa shape index (κ3) is 1.27. The summed E-state index contributed by atoms with van der Waals surface area (Å²) in [5.41, 5.74) is 10.3. The molecule has 0 bridgehead atoms. The van der Waals surface area contributed by atoms with Crippen molar-refractivity contribution in [3.63, 3.8) is 0 Å². The van der Waals surface area contributed by atoms with Gasteiger partial charge in [0.1, 0.15) is 0 Å². The van der Waals surface area contributed by atoms with Crippen LogP contribution in [0.25, 0.3) is 21.8 Å². The quantitative estimate of drug-likeness (QED) is 0.593. The second-order valence-corrected chi connectivity index (χ2v) is 4.16. The van der Waals surface area contributed by atoms with Crippen molar-refractivity contribution < 1.29 is 0 Å². The van der Waals surface area contributed by atoms with E-state index < -0.39 is 0 Å². The molecule has 0 unspecified atom stereocenters. The summed E-state index contributed by atoms with van der Waals surface area (Å²) in [6.45, 7) is 2.17. The van der Waals surface area contributed by atoms with E-state index in [9.17, 15) is 0 Å². The summed E-state index contributed by atoms with van der Waals surface area (Å²) in [5.74, 6) is 0. The van der Waals surface area contributed by atoms with Crippen LogP contribution in [0.1, 0.15) is 12.5 Å². The molecule has 3 aromatic rings. The molecule has 0 amide bonds. The minimum atomic E-state index is 0.813. The number of H-pyrrole nitrogens is 1. The van der Waals surface area contributed by atoms with Gasteiger partial charge in [0, 0.05) is 27.5 Å². The van der Waals surface area contributed by atoms with Crippen LogP contribution in [0, 0.1) is 0 Å². The summed E-state index contributed by atoms with van der Waals surface area (Å²) in [4.78, 5) is 3.42. The predicted octanol–water partition coefficient (Wildman–Crippen LogP) is 3.47. The van der Waals surface area contributed by atoms with Crippen molar-refractivity contribution in [1.82, 2.24) is 4.98 Å². The Kier molecular flexibility index (Phi) is 1.90. The summed E-state index contributed by atoms with van der Waals surface area (Å²) in [6, 6.07) is 12.6. The maximum atomic E-state index is 5.82. The molecule has 2 heteroatoms. The highest BCUT2D eigenvalue weighted by atomic mass is 14.7. The number of aromatic amines is 1. The van der Waals surface area contributed by atoms with Crippen molar-refractivity contribution in [2.24, 2.45) is 0 Å². The molecule has 0 saturated carbocycles. The van der Waals surface area contributed by atoms with Gasteiger partial charge in [-0.25, -0.2) is 0 Å². The molecule has 0 aliphatic heterocycles. The van der Waals surface area contributed by atoms with Crippen molar-refractivity contribution >= 4 is 27.5 Å². The fourth-order valence-corrected chi connectivity index (χ4v) is 2.19. The number of fused-ring (bicyclic) bond motifs is 3. The Balaban J connectivity index is 2.41.